The van der Waals surface area contributed by atoms with Crippen LogP contribution in [0.3, 0.4) is 0 Å². The molecule has 0 aliphatic rings. The molecule has 6 heteroatoms. The summed E-state index contributed by atoms with van der Waals surface area (Å²) in [4.78, 5) is 23.9. The molecule has 5 nitrogen and oxygen atoms in total. The highest BCUT2D eigenvalue weighted by atomic mass is 35.5. The van der Waals surface area contributed by atoms with Crippen LogP contribution in [0.1, 0.15) is 24.0 Å². The molecule has 0 aromatic heterocycles. The summed E-state index contributed by atoms with van der Waals surface area (Å²) in [7, 11) is 0. The molecular weight excluding hydrogens is 404 g/mol. The second-order valence-electron chi connectivity index (χ2n) is 6.61. The number of rotatable bonds is 8. The first-order chi connectivity index (χ1) is 14.5. The highest BCUT2D eigenvalue weighted by molar-refractivity contribution is 6.31. The van der Waals surface area contributed by atoms with E-state index in [1.165, 1.54) is 0 Å². The molecule has 0 aliphatic carbocycles. The van der Waals surface area contributed by atoms with Gasteiger partial charge in [-0.15, -0.1) is 0 Å². The minimum absolute atomic E-state index is 0.0639. The first-order valence-electron chi connectivity index (χ1n) is 9.44. The molecule has 30 heavy (non-hydrogen) atoms. The zero-order valence-electron chi connectivity index (χ0n) is 16.5. The van der Waals surface area contributed by atoms with Gasteiger partial charge in [-0.1, -0.05) is 41.9 Å². The van der Waals surface area contributed by atoms with Gasteiger partial charge in [0.2, 0.25) is 0 Å². The molecule has 0 heterocycles. The fourth-order valence-corrected chi connectivity index (χ4v) is 2.74. The zero-order chi connectivity index (χ0) is 21.3. The highest BCUT2D eigenvalue weighted by Gasteiger charge is 2.11. The van der Waals surface area contributed by atoms with Gasteiger partial charge in [0.15, 0.2) is 0 Å². The Morgan fingerprint density at radius 1 is 0.800 bits per heavy atom. The molecule has 0 atom stereocenters. The van der Waals surface area contributed by atoms with Crippen molar-refractivity contribution >= 4 is 23.5 Å². The number of carbonyl (C=O) groups is 2. The summed E-state index contributed by atoms with van der Waals surface area (Å²) in [6.07, 6.45) is -0.136. The van der Waals surface area contributed by atoms with E-state index >= 15 is 0 Å². The van der Waals surface area contributed by atoms with Crippen LogP contribution in [0.4, 0.5) is 0 Å². The predicted octanol–water partition coefficient (Wildman–Crippen LogP) is 5.87. The Morgan fingerprint density at radius 3 is 2.30 bits per heavy atom. The van der Waals surface area contributed by atoms with E-state index in [4.69, 9.17) is 25.8 Å². The van der Waals surface area contributed by atoms with Crippen LogP contribution >= 0.6 is 11.6 Å². The monoisotopic (exact) mass is 424 g/mol. The fourth-order valence-electron chi connectivity index (χ4n) is 2.63. The third-order valence-electron chi connectivity index (χ3n) is 4.17. The number of carbonyl (C=O) groups excluding carboxylic acids is 2. The maximum Gasteiger partial charge on any atom is 0.311 e. The third kappa shape index (κ3) is 6.64. The smallest absolute Gasteiger partial charge is 0.311 e. The Labute approximate surface area is 180 Å². The molecule has 3 aromatic rings. The molecule has 0 amide bonds. The van der Waals surface area contributed by atoms with Gasteiger partial charge in [0.1, 0.15) is 23.9 Å². The summed E-state index contributed by atoms with van der Waals surface area (Å²) >= 11 is 5.95. The molecular formula is C24H21ClO5. The molecule has 0 saturated heterocycles. The van der Waals surface area contributed by atoms with Crippen molar-refractivity contribution < 1.29 is 23.8 Å². The topological polar surface area (TPSA) is 61.8 Å². The van der Waals surface area contributed by atoms with Crippen molar-refractivity contribution in [1.82, 2.24) is 0 Å². The van der Waals surface area contributed by atoms with Gasteiger partial charge in [0.05, 0.1) is 12.8 Å². The van der Waals surface area contributed by atoms with Gasteiger partial charge in [-0.05, 0) is 60.5 Å². The zero-order valence-corrected chi connectivity index (χ0v) is 17.2. The van der Waals surface area contributed by atoms with Crippen LogP contribution in [0.25, 0.3) is 0 Å². The van der Waals surface area contributed by atoms with Gasteiger partial charge in [-0.3, -0.25) is 9.59 Å². The van der Waals surface area contributed by atoms with Crippen molar-refractivity contribution in [2.24, 2.45) is 0 Å². The quantitative estimate of drug-likeness (QED) is 0.334. The number of para-hydroxylation sites is 1. The van der Waals surface area contributed by atoms with E-state index in [1.807, 2.05) is 55.5 Å². The number of aryl methyl sites for hydroxylation is 1. The lowest BCUT2D eigenvalue weighted by atomic mass is 10.2. The lowest BCUT2D eigenvalue weighted by molar-refractivity contribution is -0.148. The number of benzene rings is 3. The average Bonchev–Trinajstić information content (AvgIpc) is 2.74. The van der Waals surface area contributed by atoms with Crippen molar-refractivity contribution in [3.05, 3.63) is 88.9 Å². The van der Waals surface area contributed by atoms with E-state index in [9.17, 15) is 9.59 Å². The van der Waals surface area contributed by atoms with E-state index in [0.717, 1.165) is 16.9 Å². The summed E-state index contributed by atoms with van der Waals surface area (Å²) in [5.41, 5.74) is 1.59. The Kier molecular flexibility index (Phi) is 7.46. The van der Waals surface area contributed by atoms with Crippen LogP contribution in [-0.4, -0.2) is 11.9 Å². The van der Waals surface area contributed by atoms with Crippen LogP contribution in [0, 0.1) is 6.92 Å². The highest BCUT2D eigenvalue weighted by Crippen LogP contribution is 2.23. The SMILES string of the molecule is Cc1cc(OC(=O)CCC(=O)OCc2cccc(Oc3ccccc3)c2)ccc1Cl. The molecule has 154 valence electrons. The molecule has 3 aromatic carbocycles. The van der Waals surface area contributed by atoms with Gasteiger partial charge in [0.25, 0.3) is 0 Å². The Morgan fingerprint density at radius 2 is 1.53 bits per heavy atom. The van der Waals surface area contributed by atoms with Crippen molar-refractivity contribution in [3.63, 3.8) is 0 Å². The number of esters is 2. The molecule has 0 N–H and O–H groups in total. The molecule has 0 saturated carbocycles. The Hall–Kier alpha value is -3.31. The molecule has 0 unspecified atom stereocenters. The van der Waals surface area contributed by atoms with Crippen LogP contribution in [-0.2, 0) is 20.9 Å². The molecule has 0 fully saturated rings. The van der Waals surface area contributed by atoms with Crippen LogP contribution in [0.5, 0.6) is 17.2 Å². The minimum atomic E-state index is -0.507. The summed E-state index contributed by atoms with van der Waals surface area (Å²) in [5.74, 6) is 0.781. The van der Waals surface area contributed by atoms with Gasteiger partial charge < -0.3 is 14.2 Å². The number of hydrogen-bond donors (Lipinski definition) is 0. The lowest BCUT2D eigenvalue weighted by Gasteiger charge is -2.09. The van der Waals surface area contributed by atoms with Gasteiger partial charge in [0, 0.05) is 5.02 Å². The second kappa shape index (κ2) is 10.5. The Balaban J connectivity index is 1.43. The van der Waals surface area contributed by atoms with Gasteiger partial charge in [-0.25, -0.2) is 0 Å². The van der Waals surface area contributed by atoms with E-state index in [2.05, 4.69) is 0 Å². The van der Waals surface area contributed by atoms with Crippen molar-refractivity contribution in [1.29, 1.82) is 0 Å². The van der Waals surface area contributed by atoms with Gasteiger partial charge >= 0.3 is 11.9 Å². The van der Waals surface area contributed by atoms with E-state index in [1.54, 1.807) is 24.3 Å². The van der Waals surface area contributed by atoms with E-state index in [-0.39, 0.29) is 19.4 Å². The summed E-state index contributed by atoms with van der Waals surface area (Å²) in [6, 6.07) is 21.6. The first-order valence-corrected chi connectivity index (χ1v) is 9.82. The fraction of sp³-hybridized carbons (Fsp3) is 0.167. The average molecular weight is 425 g/mol. The maximum atomic E-state index is 12.0. The molecule has 0 radical (unpaired) electrons. The van der Waals surface area contributed by atoms with E-state index < -0.39 is 11.9 Å². The van der Waals surface area contributed by atoms with Crippen LogP contribution in [0.15, 0.2) is 72.8 Å². The molecule has 3 rings (SSSR count). The van der Waals surface area contributed by atoms with Crippen molar-refractivity contribution in [2.45, 2.75) is 26.4 Å². The number of hydrogen-bond acceptors (Lipinski definition) is 5. The van der Waals surface area contributed by atoms with Crippen LogP contribution < -0.4 is 9.47 Å². The summed E-state index contributed by atoms with van der Waals surface area (Å²) < 4.78 is 16.2. The predicted molar refractivity (Wildman–Crippen MR) is 114 cm³/mol. The maximum absolute atomic E-state index is 12.0. The normalized spacial score (nSPS) is 10.3. The summed E-state index contributed by atoms with van der Waals surface area (Å²) in [5, 5.41) is 0.594. The molecule has 0 spiro atoms. The number of halogens is 1. The third-order valence-corrected chi connectivity index (χ3v) is 4.60. The first kappa shape index (κ1) is 21.4. The second-order valence-corrected chi connectivity index (χ2v) is 7.02. The van der Waals surface area contributed by atoms with Crippen molar-refractivity contribution in [3.8, 4) is 17.2 Å². The minimum Gasteiger partial charge on any atom is -0.461 e. The molecule has 0 bridgehead atoms. The number of ether oxygens (including phenoxy) is 3. The molecule has 0 aliphatic heterocycles. The Bertz CT molecular complexity index is 1020. The standard InChI is InChI=1S/C24H21ClO5/c1-17-14-21(10-11-22(17)25)30-24(27)13-12-23(26)28-16-18-6-5-9-20(15-18)29-19-7-3-2-4-8-19/h2-11,14-15H,12-13,16H2,1H3. The summed E-state index contributed by atoms with van der Waals surface area (Å²) in [6.45, 7) is 1.91. The van der Waals surface area contributed by atoms with Crippen LogP contribution in [0.2, 0.25) is 5.02 Å². The van der Waals surface area contributed by atoms with E-state index in [0.29, 0.717) is 16.5 Å². The van der Waals surface area contributed by atoms with Gasteiger partial charge in [-0.2, -0.15) is 0 Å². The largest absolute Gasteiger partial charge is 0.461 e. The van der Waals surface area contributed by atoms with Crippen molar-refractivity contribution in [2.75, 3.05) is 0 Å². The lowest BCUT2D eigenvalue weighted by Crippen LogP contribution is -2.12.